The van der Waals surface area contributed by atoms with E-state index in [1.165, 1.54) is 6.33 Å². The van der Waals surface area contributed by atoms with Gasteiger partial charge in [-0.3, -0.25) is 0 Å². The average Bonchev–Trinajstić information content (AvgIpc) is 2.38. The molecule has 0 aliphatic rings. The molecule has 1 heterocycles. The molecule has 0 spiro atoms. The SMILES string of the molecule is Cc1cc(C)cc(OCCNc2ncnc(C)c2F)c1. The molecule has 0 saturated carbocycles. The summed E-state index contributed by atoms with van der Waals surface area (Å²) in [6.45, 7) is 6.56. The molecule has 1 aromatic heterocycles. The highest BCUT2D eigenvalue weighted by Gasteiger charge is 2.06. The van der Waals surface area contributed by atoms with Gasteiger partial charge >= 0.3 is 0 Å². The Morgan fingerprint density at radius 3 is 2.50 bits per heavy atom. The average molecular weight is 275 g/mol. The molecule has 106 valence electrons. The molecule has 1 aromatic carbocycles. The van der Waals surface area contributed by atoms with Crippen molar-refractivity contribution in [1.82, 2.24) is 9.97 Å². The van der Waals surface area contributed by atoms with Gasteiger partial charge in [-0.2, -0.15) is 0 Å². The van der Waals surface area contributed by atoms with Gasteiger partial charge in [0.25, 0.3) is 0 Å². The zero-order valence-corrected chi connectivity index (χ0v) is 11.9. The summed E-state index contributed by atoms with van der Waals surface area (Å²) in [5.74, 6) is 0.615. The third kappa shape index (κ3) is 3.66. The van der Waals surface area contributed by atoms with E-state index in [4.69, 9.17) is 4.74 Å². The number of aryl methyl sites for hydroxylation is 3. The largest absolute Gasteiger partial charge is 0.492 e. The highest BCUT2D eigenvalue weighted by Crippen LogP contribution is 2.16. The van der Waals surface area contributed by atoms with E-state index in [0.29, 0.717) is 18.8 Å². The van der Waals surface area contributed by atoms with Crippen LogP contribution in [0.4, 0.5) is 10.2 Å². The summed E-state index contributed by atoms with van der Waals surface area (Å²) in [6.07, 6.45) is 1.34. The number of halogens is 1. The Hall–Kier alpha value is -2.17. The summed E-state index contributed by atoms with van der Waals surface area (Å²) in [4.78, 5) is 7.64. The van der Waals surface area contributed by atoms with E-state index < -0.39 is 5.82 Å². The summed E-state index contributed by atoms with van der Waals surface area (Å²) >= 11 is 0. The third-order valence-corrected chi connectivity index (χ3v) is 2.82. The Bertz CT molecular complexity index is 581. The van der Waals surface area contributed by atoms with Crippen molar-refractivity contribution in [3.05, 3.63) is 47.2 Å². The van der Waals surface area contributed by atoms with E-state index in [1.807, 2.05) is 26.0 Å². The van der Waals surface area contributed by atoms with E-state index in [-0.39, 0.29) is 5.82 Å². The molecule has 5 heteroatoms. The highest BCUT2D eigenvalue weighted by atomic mass is 19.1. The Labute approximate surface area is 118 Å². The fourth-order valence-electron chi connectivity index (χ4n) is 1.94. The predicted octanol–water partition coefficient (Wildman–Crippen LogP) is 3.03. The van der Waals surface area contributed by atoms with Crippen molar-refractivity contribution < 1.29 is 9.13 Å². The minimum atomic E-state index is -0.418. The summed E-state index contributed by atoms with van der Waals surface area (Å²) in [5.41, 5.74) is 2.65. The van der Waals surface area contributed by atoms with Crippen molar-refractivity contribution in [3.63, 3.8) is 0 Å². The summed E-state index contributed by atoms with van der Waals surface area (Å²) in [5, 5.41) is 2.90. The maximum Gasteiger partial charge on any atom is 0.186 e. The second-order valence-corrected chi connectivity index (χ2v) is 4.72. The summed E-state index contributed by atoms with van der Waals surface area (Å²) < 4.78 is 19.3. The molecule has 4 nitrogen and oxygen atoms in total. The molecule has 0 fully saturated rings. The van der Waals surface area contributed by atoms with Gasteiger partial charge in [0.05, 0.1) is 12.2 Å². The predicted molar refractivity (Wildman–Crippen MR) is 76.6 cm³/mol. The quantitative estimate of drug-likeness (QED) is 0.852. The van der Waals surface area contributed by atoms with Crippen LogP contribution < -0.4 is 10.1 Å². The van der Waals surface area contributed by atoms with Crippen molar-refractivity contribution in [2.45, 2.75) is 20.8 Å². The van der Waals surface area contributed by atoms with Gasteiger partial charge in [0.2, 0.25) is 0 Å². The van der Waals surface area contributed by atoms with Gasteiger partial charge in [0, 0.05) is 0 Å². The minimum Gasteiger partial charge on any atom is -0.492 e. The molecule has 1 N–H and O–H groups in total. The fraction of sp³-hybridized carbons (Fsp3) is 0.333. The van der Waals surface area contributed by atoms with Crippen LogP contribution in [0.1, 0.15) is 16.8 Å². The molecule has 0 aliphatic heterocycles. The van der Waals surface area contributed by atoms with Crippen molar-refractivity contribution in [1.29, 1.82) is 0 Å². The number of anilines is 1. The van der Waals surface area contributed by atoms with Crippen molar-refractivity contribution in [3.8, 4) is 5.75 Å². The lowest BCUT2D eigenvalue weighted by Gasteiger charge is -2.10. The second kappa shape index (κ2) is 6.32. The molecule has 2 rings (SSSR count). The van der Waals surface area contributed by atoms with Crippen LogP contribution in [0, 0.1) is 26.6 Å². The van der Waals surface area contributed by atoms with Crippen LogP contribution in [0.5, 0.6) is 5.75 Å². The molecule has 0 bridgehead atoms. The summed E-state index contributed by atoms with van der Waals surface area (Å²) in [6, 6.07) is 6.04. The zero-order chi connectivity index (χ0) is 14.5. The number of aromatic nitrogens is 2. The number of nitrogens with one attached hydrogen (secondary N) is 1. The number of hydrogen-bond donors (Lipinski definition) is 1. The standard InChI is InChI=1S/C15H18FN3O/c1-10-6-11(2)8-13(7-10)20-5-4-17-15-14(16)12(3)18-9-19-15/h6-9H,4-5H2,1-3H3,(H,17,18,19). The van der Waals surface area contributed by atoms with Crippen LogP contribution in [0.15, 0.2) is 24.5 Å². The van der Waals surface area contributed by atoms with Crippen molar-refractivity contribution >= 4 is 5.82 Å². The van der Waals surface area contributed by atoms with E-state index in [1.54, 1.807) is 6.92 Å². The number of benzene rings is 1. The first-order valence-electron chi connectivity index (χ1n) is 6.48. The van der Waals surface area contributed by atoms with E-state index in [0.717, 1.165) is 16.9 Å². The number of hydrogen-bond acceptors (Lipinski definition) is 4. The van der Waals surface area contributed by atoms with Gasteiger partial charge in [-0.15, -0.1) is 0 Å². The summed E-state index contributed by atoms with van der Waals surface area (Å²) in [7, 11) is 0. The minimum absolute atomic E-state index is 0.210. The Morgan fingerprint density at radius 1 is 1.10 bits per heavy atom. The molecule has 2 aromatic rings. The lowest BCUT2D eigenvalue weighted by atomic mass is 10.1. The molecule has 0 amide bonds. The molecular formula is C15H18FN3O. The normalized spacial score (nSPS) is 10.4. The molecule has 0 radical (unpaired) electrons. The van der Waals surface area contributed by atoms with E-state index >= 15 is 0 Å². The number of rotatable bonds is 5. The van der Waals surface area contributed by atoms with Crippen LogP contribution in [-0.4, -0.2) is 23.1 Å². The van der Waals surface area contributed by atoms with Crippen LogP contribution in [0.3, 0.4) is 0 Å². The molecule has 0 saturated heterocycles. The van der Waals surface area contributed by atoms with E-state index in [9.17, 15) is 4.39 Å². The maximum absolute atomic E-state index is 13.6. The van der Waals surface area contributed by atoms with Crippen molar-refractivity contribution in [2.24, 2.45) is 0 Å². The fourth-order valence-corrected chi connectivity index (χ4v) is 1.94. The van der Waals surface area contributed by atoms with Crippen LogP contribution in [-0.2, 0) is 0 Å². The maximum atomic E-state index is 13.6. The first-order chi connectivity index (χ1) is 9.56. The second-order valence-electron chi connectivity index (χ2n) is 4.72. The first kappa shape index (κ1) is 14.2. The van der Waals surface area contributed by atoms with Crippen molar-refractivity contribution in [2.75, 3.05) is 18.5 Å². The zero-order valence-electron chi connectivity index (χ0n) is 11.9. The van der Waals surface area contributed by atoms with Crippen LogP contribution in [0.2, 0.25) is 0 Å². The Kier molecular flexibility index (Phi) is 4.50. The molecule has 0 unspecified atom stereocenters. The van der Waals surface area contributed by atoms with Gasteiger partial charge in [-0.25, -0.2) is 14.4 Å². The topological polar surface area (TPSA) is 47.0 Å². The van der Waals surface area contributed by atoms with Crippen LogP contribution >= 0.6 is 0 Å². The number of ether oxygens (including phenoxy) is 1. The lowest BCUT2D eigenvalue weighted by molar-refractivity contribution is 0.332. The lowest BCUT2D eigenvalue weighted by Crippen LogP contribution is -2.14. The molecule has 0 aliphatic carbocycles. The van der Waals surface area contributed by atoms with Gasteiger partial charge in [0.15, 0.2) is 11.6 Å². The van der Waals surface area contributed by atoms with Gasteiger partial charge in [-0.1, -0.05) is 6.07 Å². The van der Waals surface area contributed by atoms with Gasteiger partial charge in [0.1, 0.15) is 18.7 Å². The third-order valence-electron chi connectivity index (χ3n) is 2.82. The highest BCUT2D eigenvalue weighted by molar-refractivity contribution is 5.37. The molecular weight excluding hydrogens is 257 g/mol. The number of nitrogens with zero attached hydrogens (tertiary/aromatic N) is 2. The first-order valence-corrected chi connectivity index (χ1v) is 6.48. The molecule has 0 atom stereocenters. The van der Waals surface area contributed by atoms with Gasteiger partial charge < -0.3 is 10.1 Å². The van der Waals surface area contributed by atoms with Gasteiger partial charge in [-0.05, 0) is 44.0 Å². The Balaban J connectivity index is 1.86. The van der Waals surface area contributed by atoms with E-state index in [2.05, 4.69) is 21.4 Å². The smallest absolute Gasteiger partial charge is 0.186 e. The Morgan fingerprint density at radius 2 is 1.80 bits per heavy atom. The monoisotopic (exact) mass is 275 g/mol. The van der Waals surface area contributed by atoms with Crippen LogP contribution in [0.25, 0.3) is 0 Å². The molecule has 20 heavy (non-hydrogen) atoms.